The van der Waals surface area contributed by atoms with E-state index in [-0.39, 0.29) is 0 Å². The Hall–Kier alpha value is -0.0400. The van der Waals surface area contributed by atoms with Crippen molar-refractivity contribution < 1.29 is 0 Å². The normalized spacial score (nSPS) is 20.6. The SMILES string of the molecule is CC(C)CC1CCN(CCC(C)(C)C)CC1. The van der Waals surface area contributed by atoms with Gasteiger partial charge in [-0.1, -0.05) is 34.6 Å². The molecule has 0 aromatic heterocycles. The van der Waals surface area contributed by atoms with Crippen molar-refractivity contribution in [3.05, 3.63) is 0 Å². The summed E-state index contributed by atoms with van der Waals surface area (Å²) in [6, 6.07) is 0. The minimum absolute atomic E-state index is 0.495. The molecule has 1 fully saturated rings. The van der Waals surface area contributed by atoms with E-state index in [1.54, 1.807) is 0 Å². The van der Waals surface area contributed by atoms with Crippen LogP contribution in [0.4, 0.5) is 0 Å². The van der Waals surface area contributed by atoms with Crippen molar-refractivity contribution in [2.24, 2.45) is 17.3 Å². The molecule has 16 heavy (non-hydrogen) atoms. The highest BCUT2D eigenvalue weighted by molar-refractivity contribution is 4.74. The lowest BCUT2D eigenvalue weighted by molar-refractivity contribution is 0.153. The molecule has 0 N–H and O–H groups in total. The molecule has 0 amide bonds. The number of likely N-dealkylation sites (tertiary alicyclic amines) is 1. The van der Waals surface area contributed by atoms with E-state index in [1.165, 1.54) is 45.3 Å². The molecule has 0 bridgehead atoms. The summed E-state index contributed by atoms with van der Waals surface area (Å²) in [4.78, 5) is 2.67. The Morgan fingerprint density at radius 2 is 1.69 bits per heavy atom. The predicted molar refractivity (Wildman–Crippen MR) is 72.7 cm³/mol. The molecule has 0 unspecified atom stereocenters. The van der Waals surface area contributed by atoms with Crippen molar-refractivity contribution in [2.45, 2.75) is 60.3 Å². The highest BCUT2D eigenvalue weighted by atomic mass is 15.1. The van der Waals surface area contributed by atoms with Gasteiger partial charge in [0.2, 0.25) is 0 Å². The lowest BCUT2D eigenvalue weighted by Gasteiger charge is -2.34. The van der Waals surface area contributed by atoms with Crippen LogP contribution >= 0.6 is 0 Å². The zero-order valence-electron chi connectivity index (χ0n) is 12.1. The molecule has 0 aliphatic carbocycles. The minimum Gasteiger partial charge on any atom is -0.303 e. The van der Waals surface area contributed by atoms with E-state index in [0.29, 0.717) is 5.41 Å². The number of nitrogens with zero attached hydrogens (tertiary/aromatic N) is 1. The zero-order chi connectivity index (χ0) is 12.2. The Morgan fingerprint density at radius 1 is 1.12 bits per heavy atom. The van der Waals surface area contributed by atoms with Crippen molar-refractivity contribution in [1.82, 2.24) is 4.90 Å². The Balaban J connectivity index is 2.17. The lowest BCUT2D eigenvalue weighted by atomic mass is 9.87. The number of rotatable bonds is 4. The molecule has 1 rings (SSSR count). The van der Waals surface area contributed by atoms with Crippen LogP contribution < -0.4 is 0 Å². The third kappa shape index (κ3) is 5.89. The van der Waals surface area contributed by atoms with Gasteiger partial charge in [0, 0.05) is 0 Å². The van der Waals surface area contributed by atoms with E-state index in [9.17, 15) is 0 Å². The van der Waals surface area contributed by atoms with Gasteiger partial charge in [-0.05, 0) is 62.6 Å². The maximum atomic E-state index is 2.67. The molecule has 1 nitrogen and oxygen atoms in total. The second-order valence-corrected chi connectivity index (χ2v) is 7.23. The number of piperidine rings is 1. The van der Waals surface area contributed by atoms with Crippen molar-refractivity contribution in [1.29, 1.82) is 0 Å². The Kier molecular flexibility index (Phi) is 5.30. The fourth-order valence-electron chi connectivity index (χ4n) is 2.61. The molecule has 0 saturated carbocycles. The van der Waals surface area contributed by atoms with Gasteiger partial charge in [-0.15, -0.1) is 0 Å². The van der Waals surface area contributed by atoms with Gasteiger partial charge in [-0.25, -0.2) is 0 Å². The van der Waals surface area contributed by atoms with Gasteiger partial charge >= 0.3 is 0 Å². The lowest BCUT2D eigenvalue weighted by Crippen LogP contribution is -2.36. The van der Waals surface area contributed by atoms with Crippen molar-refractivity contribution in [3.8, 4) is 0 Å². The van der Waals surface area contributed by atoms with Crippen LogP contribution in [0.3, 0.4) is 0 Å². The molecular formula is C15H31N. The number of hydrogen-bond acceptors (Lipinski definition) is 1. The molecular weight excluding hydrogens is 194 g/mol. The second kappa shape index (κ2) is 6.05. The van der Waals surface area contributed by atoms with Gasteiger partial charge in [0.15, 0.2) is 0 Å². The van der Waals surface area contributed by atoms with Crippen LogP contribution in [0.15, 0.2) is 0 Å². The third-order valence-corrected chi connectivity index (χ3v) is 3.69. The second-order valence-electron chi connectivity index (χ2n) is 7.23. The largest absolute Gasteiger partial charge is 0.303 e. The Morgan fingerprint density at radius 3 is 2.12 bits per heavy atom. The minimum atomic E-state index is 0.495. The van der Waals surface area contributed by atoms with E-state index >= 15 is 0 Å². The standard InChI is InChI=1S/C15H31N/c1-13(2)12-14-6-9-16(10-7-14)11-8-15(3,4)5/h13-14H,6-12H2,1-5H3. The summed E-state index contributed by atoms with van der Waals surface area (Å²) < 4.78 is 0. The van der Waals surface area contributed by atoms with Crippen LogP contribution in [0.5, 0.6) is 0 Å². The summed E-state index contributed by atoms with van der Waals surface area (Å²) in [6.45, 7) is 15.7. The van der Waals surface area contributed by atoms with Gasteiger partial charge in [-0.3, -0.25) is 0 Å². The van der Waals surface area contributed by atoms with Crippen molar-refractivity contribution in [3.63, 3.8) is 0 Å². The molecule has 0 spiro atoms. The summed E-state index contributed by atoms with van der Waals surface area (Å²) in [5.74, 6) is 1.89. The third-order valence-electron chi connectivity index (χ3n) is 3.69. The molecule has 0 aromatic carbocycles. The topological polar surface area (TPSA) is 3.24 Å². The number of hydrogen-bond donors (Lipinski definition) is 0. The summed E-state index contributed by atoms with van der Waals surface area (Å²) in [5, 5.41) is 0. The van der Waals surface area contributed by atoms with Crippen LogP contribution in [0.1, 0.15) is 60.3 Å². The first-order valence-electron chi connectivity index (χ1n) is 7.09. The smallest absolute Gasteiger partial charge is 0.00137 e. The van der Waals surface area contributed by atoms with E-state index in [4.69, 9.17) is 0 Å². The maximum Gasteiger partial charge on any atom is -0.00137 e. The average molecular weight is 225 g/mol. The van der Waals surface area contributed by atoms with Gasteiger partial charge in [-0.2, -0.15) is 0 Å². The zero-order valence-corrected chi connectivity index (χ0v) is 12.1. The van der Waals surface area contributed by atoms with E-state index in [2.05, 4.69) is 39.5 Å². The predicted octanol–water partition coefficient (Wildman–Crippen LogP) is 4.18. The molecule has 0 atom stereocenters. The molecule has 1 heteroatoms. The quantitative estimate of drug-likeness (QED) is 0.694. The molecule has 0 radical (unpaired) electrons. The van der Waals surface area contributed by atoms with E-state index in [1.807, 2.05) is 0 Å². The molecule has 1 heterocycles. The molecule has 1 aliphatic rings. The van der Waals surface area contributed by atoms with Gasteiger partial charge in [0.05, 0.1) is 0 Å². The molecule has 0 aromatic rings. The monoisotopic (exact) mass is 225 g/mol. The highest BCUT2D eigenvalue weighted by Gasteiger charge is 2.21. The van der Waals surface area contributed by atoms with Crippen LogP contribution in [0, 0.1) is 17.3 Å². The van der Waals surface area contributed by atoms with Crippen molar-refractivity contribution >= 4 is 0 Å². The molecule has 1 saturated heterocycles. The van der Waals surface area contributed by atoms with Gasteiger partial charge < -0.3 is 4.90 Å². The first-order chi connectivity index (χ1) is 7.37. The Bertz CT molecular complexity index is 182. The fourth-order valence-corrected chi connectivity index (χ4v) is 2.61. The van der Waals surface area contributed by atoms with E-state index in [0.717, 1.165) is 11.8 Å². The van der Waals surface area contributed by atoms with E-state index < -0.39 is 0 Å². The van der Waals surface area contributed by atoms with Crippen LogP contribution in [0.2, 0.25) is 0 Å². The van der Waals surface area contributed by atoms with Gasteiger partial charge in [0.25, 0.3) is 0 Å². The first kappa shape index (κ1) is 14.0. The van der Waals surface area contributed by atoms with Crippen LogP contribution in [-0.2, 0) is 0 Å². The first-order valence-corrected chi connectivity index (χ1v) is 7.09. The summed E-state index contributed by atoms with van der Waals surface area (Å²) in [5.41, 5.74) is 0.495. The Labute approximate surface area is 103 Å². The van der Waals surface area contributed by atoms with Crippen molar-refractivity contribution in [2.75, 3.05) is 19.6 Å². The van der Waals surface area contributed by atoms with Crippen LogP contribution in [0.25, 0.3) is 0 Å². The molecule has 1 aliphatic heterocycles. The van der Waals surface area contributed by atoms with Crippen LogP contribution in [-0.4, -0.2) is 24.5 Å². The fraction of sp³-hybridized carbons (Fsp3) is 1.00. The summed E-state index contributed by atoms with van der Waals surface area (Å²) in [6.07, 6.45) is 5.64. The highest BCUT2D eigenvalue weighted by Crippen LogP contribution is 2.25. The average Bonchev–Trinajstić information content (AvgIpc) is 2.14. The summed E-state index contributed by atoms with van der Waals surface area (Å²) in [7, 11) is 0. The summed E-state index contributed by atoms with van der Waals surface area (Å²) >= 11 is 0. The molecule has 96 valence electrons. The van der Waals surface area contributed by atoms with Gasteiger partial charge in [0.1, 0.15) is 0 Å². The maximum absolute atomic E-state index is 2.67.